The summed E-state index contributed by atoms with van der Waals surface area (Å²) in [5.41, 5.74) is 0.317. The van der Waals surface area contributed by atoms with E-state index in [9.17, 15) is 9.59 Å². The summed E-state index contributed by atoms with van der Waals surface area (Å²) in [6.45, 7) is 2.00. The van der Waals surface area contributed by atoms with Gasteiger partial charge in [0.15, 0.2) is 0 Å². The van der Waals surface area contributed by atoms with Crippen molar-refractivity contribution in [2.45, 2.75) is 6.42 Å². The maximum atomic E-state index is 12.4. The molecule has 0 atom stereocenters. The first-order valence-electron chi connectivity index (χ1n) is 7.81. The summed E-state index contributed by atoms with van der Waals surface area (Å²) in [5.74, 6) is 0.348. The van der Waals surface area contributed by atoms with Crippen LogP contribution in [-0.2, 0) is 0 Å². The molecule has 1 aliphatic rings. The molecule has 0 bridgehead atoms. The third-order valence-corrected chi connectivity index (χ3v) is 3.77. The molecule has 0 aliphatic carbocycles. The zero-order valence-corrected chi connectivity index (χ0v) is 13.2. The van der Waals surface area contributed by atoms with E-state index >= 15 is 0 Å². The van der Waals surface area contributed by atoms with Gasteiger partial charge in [-0.3, -0.25) is 9.78 Å². The van der Waals surface area contributed by atoms with Crippen LogP contribution in [0.3, 0.4) is 0 Å². The standard InChI is InChI=1S/C17H18N4O3/c22-16(15-13-18-7-8-19-15)20-9-4-10-21(12-11-20)17(23)24-14-5-2-1-3-6-14/h1-3,5-8,13H,4,9-12H2. The molecule has 3 rings (SSSR count). The van der Waals surface area contributed by atoms with Crippen LogP contribution in [0.15, 0.2) is 48.9 Å². The molecule has 2 amide bonds. The lowest BCUT2D eigenvalue weighted by Gasteiger charge is -2.21. The lowest BCUT2D eigenvalue weighted by Crippen LogP contribution is -2.38. The number of benzene rings is 1. The summed E-state index contributed by atoms with van der Waals surface area (Å²) in [6, 6.07) is 8.96. The molecule has 1 aromatic heterocycles. The van der Waals surface area contributed by atoms with Crippen molar-refractivity contribution in [3.8, 4) is 5.75 Å². The average molecular weight is 326 g/mol. The summed E-state index contributed by atoms with van der Waals surface area (Å²) < 4.78 is 5.35. The Morgan fingerprint density at radius 1 is 0.958 bits per heavy atom. The normalized spacial score (nSPS) is 14.8. The highest BCUT2D eigenvalue weighted by Crippen LogP contribution is 2.12. The van der Waals surface area contributed by atoms with Gasteiger partial charge in [0, 0.05) is 38.6 Å². The van der Waals surface area contributed by atoms with Gasteiger partial charge < -0.3 is 14.5 Å². The van der Waals surface area contributed by atoms with Crippen LogP contribution in [0.5, 0.6) is 5.75 Å². The van der Waals surface area contributed by atoms with Crippen molar-refractivity contribution in [3.05, 3.63) is 54.6 Å². The van der Waals surface area contributed by atoms with Crippen LogP contribution < -0.4 is 4.74 Å². The van der Waals surface area contributed by atoms with Gasteiger partial charge in [0.05, 0.1) is 6.20 Å². The molecule has 1 aliphatic heterocycles. The zero-order chi connectivity index (χ0) is 16.8. The molecule has 2 heterocycles. The molecule has 2 aromatic rings. The number of hydrogen-bond acceptors (Lipinski definition) is 5. The molecular weight excluding hydrogens is 308 g/mol. The largest absolute Gasteiger partial charge is 0.415 e. The van der Waals surface area contributed by atoms with Gasteiger partial charge >= 0.3 is 6.09 Å². The van der Waals surface area contributed by atoms with E-state index in [0.29, 0.717) is 44.0 Å². The Labute approximate surface area is 139 Å². The van der Waals surface area contributed by atoms with Gasteiger partial charge in [0.25, 0.3) is 5.91 Å². The van der Waals surface area contributed by atoms with Gasteiger partial charge in [-0.1, -0.05) is 18.2 Å². The molecular formula is C17H18N4O3. The minimum absolute atomic E-state index is 0.165. The monoisotopic (exact) mass is 326 g/mol. The third kappa shape index (κ3) is 3.87. The maximum Gasteiger partial charge on any atom is 0.415 e. The summed E-state index contributed by atoms with van der Waals surface area (Å²) >= 11 is 0. The molecule has 1 fully saturated rings. The van der Waals surface area contributed by atoms with Crippen LogP contribution in [0.2, 0.25) is 0 Å². The minimum Gasteiger partial charge on any atom is -0.410 e. The van der Waals surface area contributed by atoms with E-state index in [1.54, 1.807) is 21.9 Å². The van der Waals surface area contributed by atoms with Gasteiger partial charge in [-0.15, -0.1) is 0 Å². The lowest BCUT2D eigenvalue weighted by atomic mass is 10.3. The third-order valence-electron chi connectivity index (χ3n) is 3.77. The number of para-hydroxylation sites is 1. The number of ether oxygens (including phenoxy) is 1. The van der Waals surface area contributed by atoms with Gasteiger partial charge in [-0.05, 0) is 18.6 Å². The predicted molar refractivity (Wildman–Crippen MR) is 86.6 cm³/mol. The minimum atomic E-state index is -0.394. The number of amides is 2. The molecule has 7 heteroatoms. The zero-order valence-electron chi connectivity index (χ0n) is 13.2. The van der Waals surface area contributed by atoms with Gasteiger partial charge in [-0.2, -0.15) is 0 Å². The van der Waals surface area contributed by atoms with E-state index in [1.165, 1.54) is 18.6 Å². The Hall–Kier alpha value is -2.96. The Balaban J connectivity index is 1.59. The molecule has 0 radical (unpaired) electrons. The van der Waals surface area contributed by atoms with E-state index < -0.39 is 6.09 Å². The topological polar surface area (TPSA) is 75.6 Å². The SMILES string of the molecule is O=C(Oc1ccccc1)N1CCCN(C(=O)c2cnccn2)CC1. The van der Waals surface area contributed by atoms with Crippen LogP contribution in [0.25, 0.3) is 0 Å². The van der Waals surface area contributed by atoms with Gasteiger partial charge in [-0.25, -0.2) is 9.78 Å². The molecule has 7 nitrogen and oxygen atoms in total. The van der Waals surface area contributed by atoms with E-state index in [0.717, 1.165) is 0 Å². The number of carbonyl (C=O) groups is 2. The van der Waals surface area contributed by atoms with Crippen molar-refractivity contribution >= 4 is 12.0 Å². The molecule has 0 saturated carbocycles. The second kappa shape index (κ2) is 7.54. The molecule has 0 unspecified atom stereocenters. The van der Waals surface area contributed by atoms with E-state index in [1.807, 2.05) is 18.2 Å². The van der Waals surface area contributed by atoms with Crippen LogP contribution in [0, 0.1) is 0 Å². The van der Waals surface area contributed by atoms with Crippen molar-refractivity contribution in [1.29, 1.82) is 0 Å². The molecule has 124 valence electrons. The van der Waals surface area contributed by atoms with Gasteiger partial charge in [0.1, 0.15) is 11.4 Å². The quantitative estimate of drug-likeness (QED) is 0.841. The number of carbonyl (C=O) groups excluding carboxylic acids is 2. The van der Waals surface area contributed by atoms with Crippen molar-refractivity contribution < 1.29 is 14.3 Å². The molecule has 0 spiro atoms. The first-order chi connectivity index (χ1) is 11.7. The molecule has 1 saturated heterocycles. The molecule has 1 aromatic carbocycles. The summed E-state index contributed by atoms with van der Waals surface area (Å²) in [4.78, 5) is 35.9. The number of nitrogens with zero attached hydrogens (tertiary/aromatic N) is 4. The highest BCUT2D eigenvalue weighted by Gasteiger charge is 2.24. The Morgan fingerprint density at radius 3 is 2.46 bits per heavy atom. The van der Waals surface area contributed by atoms with Crippen molar-refractivity contribution in [1.82, 2.24) is 19.8 Å². The van der Waals surface area contributed by atoms with E-state index in [-0.39, 0.29) is 5.91 Å². The van der Waals surface area contributed by atoms with E-state index in [2.05, 4.69) is 9.97 Å². The molecule has 24 heavy (non-hydrogen) atoms. The average Bonchev–Trinajstić information content (AvgIpc) is 2.89. The second-order valence-corrected chi connectivity index (χ2v) is 5.40. The smallest absolute Gasteiger partial charge is 0.410 e. The van der Waals surface area contributed by atoms with Crippen LogP contribution >= 0.6 is 0 Å². The number of rotatable bonds is 2. The highest BCUT2D eigenvalue weighted by atomic mass is 16.6. The van der Waals surface area contributed by atoms with Crippen molar-refractivity contribution in [2.75, 3.05) is 26.2 Å². The fraction of sp³-hybridized carbons (Fsp3) is 0.294. The Bertz CT molecular complexity index is 693. The fourth-order valence-electron chi connectivity index (χ4n) is 2.53. The fourth-order valence-corrected chi connectivity index (χ4v) is 2.53. The lowest BCUT2D eigenvalue weighted by molar-refractivity contribution is 0.0753. The summed E-state index contributed by atoms with van der Waals surface area (Å²) in [6.07, 6.45) is 4.77. The van der Waals surface area contributed by atoms with Gasteiger partial charge in [0.2, 0.25) is 0 Å². The van der Waals surface area contributed by atoms with Crippen LogP contribution in [-0.4, -0.2) is 57.9 Å². The molecule has 0 N–H and O–H groups in total. The number of aromatic nitrogens is 2. The van der Waals surface area contributed by atoms with Crippen LogP contribution in [0.1, 0.15) is 16.9 Å². The van der Waals surface area contributed by atoms with Crippen LogP contribution in [0.4, 0.5) is 4.79 Å². The summed E-state index contributed by atoms with van der Waals surface area (Å²) in [7, 11) is 0. The van der Waals surface area contributed by atoms with E-state index in [4.69, 9.17) is 4.74 Å². The summed E-state index contributed by atoms with van der Waals surface area (Å²) in [5, 5.41) is 0. The van der Waals surface area contributed by atoms with Crippen molar-refractivity contribution in [3.63, 3.8) is 0 Å². The Morgan fingerprint density at radius 2 is 1.71 bits per heavy atom. The first kappa shape index (κ1) is 15.9. The highest BCUT2D eigenvalue weighted by molar-refractivity contribution is 5.92. The van der Waals surface area contributed by atoms with Crippen molar-refractivity contribution in [2.24, 2.45) is 0 Å². The maximum absolute atomic E-state index is 12.4. The predicted octanol–water partition coefficient (Wildman–Crippen LogP) is 1.82. The number of hydrogen-bond donors (Lipinski definition) is 0. The second-order valence-electron chi connectivity index (χ2n) is 5.40. The Kier molecular flexibility index (Phi) is 5.00. The first-order valence-corrected chi connectivity index (χ1v) is 7.81.